The van der Waals surface area contributed by atoms with Gasteiger partial charge in [-0.2, -0.15) is 0 Å². The molecule has 0 atom stereocenters. The van der Waals surface area contributed by atoms with Crippen LogP contribution in [0.1, 0.15) is 12.0 Å². The van der Waals surface area contributed by atoms with Crippen LogP contribution in [0.4, 0.5) is 4.39 Å². The van der Waals surface area contributed by atoms with Crippen LogP contribution in [0.5, 0.6) is 0 Å². The first-order chi connectivity index (χ1) is 8.75. The third-order valence-corrected chi connectivity index (χ3v) is 3.40. The summed E-state index contributed by atoms with van der Waals surface area (Å²) in [4.78, 5) is 3.99. The molecule has 96 valence electrons. The molecule has 0 unspecified atom stereocenters. The van der Waals surface area contributed by atoms with Crippen LogP contribution in [-0.2, 0) is 13.1 Å². The molecule has 0 aliphatic rings. The molecule has 1 aromatic carbocycles. The summed E-state index contributed by atoms with van der Waals surface area (Å²) in [7, 11) is 0. The largest absolute Gasteiger partial charge is 0.337 e. The van der Waals surface area contributed by atoms with Crippen LogP contribution in [0.25, 0.3) is 0 Å². The third kappa shape index (κ3) is 3.92. The van der Waals surface area contributed by atoms with Gasteiger partial charge in [-0.25, -0.2) is 9.37 Å². The van der Waals surface area contributed by atoms with Crippen LogP contribution in [0, 0.1) is 5.82 Å². The molecular formula is C13H15BrFN3. The van der Waals surface area contributed by atoms with Gasteiger partial charge in [0, 0.05) is 30.0 Å². The second kappa shape index (κ2) is 6.66. The number of aromatic nitrogens is 2. The van der Waals surface area contributed by atoms with E-state index in [1.807, 2.05) is 12.5 Å². The van der Waals surface area contributed by atoms with E-state index in [0.29, 0.717) is 0 Å². The van der Waals surface area contributed by atoms with Crippen LogP contribution >= 0.6 is 15.9 Å². The third-order valence-electron chi connectivity index (χ3n) is 2.66. The molecule has 2 rings (SSSR count). The Balaban J connectivity index is 1.69. The van der Waals surface area contributed by atoms with Crippen LogP contribution < -0.4 is 5.32 Å². The summed E-state index contributed by atoms with van der Waals surface area (Å²) in [6.07, 6.45) is 6.59. The molecule has 0 radical (unpaired) electrons. The van der Waals surface area contributed by atoms with Crippen molar-refractivity contribution in [1.29, 1.82) is 0 Å². The van der Waals surface area contributed by atoms with Gasteiger partial charge in [0.15, 0.2) is 0 Å². The summed E-state index contributed by atoms with van der Waals surface area (Å²) in [6, 6.07) is 4.76. The highest BCUT2D eigenvalue weighted by molar-refractivity contribution is 9.10. The Bertz CT molecular complexity index is 485. The minimum atomic E-state index is -0.217. The molecule has 0 aliphatic carbocycles. The van der Waals surface area contributed by atoms with Crippen molar-refractivity contribution in [1.82, 2.24) is 14.9 Å². The Hall–Kier alpha value is -1.20. The highest BCUT2D eigenvalue weighted by Gasteiger charge is 2.00. The first-order valence-corrected chi connectivity index (χ1v) is 6.65. The smallest absolute Gasteiger partial charge is 0.124 e. The number of aryl methyl sites for hydroxylation is 1. The molecule has 0 amide bonds. The molecule has 18 heavy (non-hydrogen) atoms. The number of hydrogen-bond donors (Lipinski definition) is 1. The summed E-state index contributed by atoms with van der Waals surface area (Å²) in [5.74, 6) is -0.217. The van der Waals surface area contributed by atoms with Gasteiger partial charge in [-0.15, -0.1) is 0 Å². The molecule has 0 saturated carbocycles. The monoisotopic (exact) mass is 311 g/mol. The highest BCUT2D eigenvalue weighted by Crippen LogP contribution is 2.17. The lowest BCUT2D eigenvalue weighted by molar-refractivity contribution is 0.579. The Labute approximate surface area is 114 Å². The number of nitrogens with zero attached hydrogens (tertiary/aromatic N) is 2. The lowest BCUT2D eigenvalue weighted by atomic mass is 10.2. The molecular weight excluding hydrogens is 297 g/mol. The number of benzene rings is 1. The first-order valence-electron chi connectivity index (χ1n) is 5.86. The van der Waals surface area contributed by atoms with Crippen molar-refractivity contribution in [2.45, 2.75) is 19.5 Å². The van der Waals surface area contributed by atoms with Gasteiger partial charge in [-0.05, 0) is 30.7 Å². The van der Waals surface area contributed by atoms with E-state index in [4.69, 9.17) is 0 Å². The van der Waals surface area contributed by atoms with Crippen LogP contribution in [-0.4, -0.2) is 16.1 Å². The lowest BCUT2D eigenvalue weighted by Gasteiger charge is -2.07. The van der Waals surface area contributed by atoms with Gasteiger partial charge in [0.05, 0.1) is 6.33 Å². The van der Waals surface area contributed by atoms with Crippen molar-refractivity contribution in [3.8, 4) is 0 Å². The maximum atomic E-state index is 12.9. The van der Waals surface area contributed by atoms with E-state index in [-0.39, 0.29) is 5.82 Å². The Morgan fingerprint density at radius 3 is 3.00 bits per heavy atom. The predicted octanol–water partition coefficient (Wildman–Crippen LogP) is 2.96. The van der Waals surface area contributed by atoms with E-state index >= 15 is 0 Å². The van der Waals surface area contributed by atoms with E-state index in [1.54, 1.807) is 12.3 Å². The molecule has 2 aromatic rings. The van der Waals surface area contributed by atoms with Gasteiger partial charge in [0.2, 0.25) is 0 Å². The molecule has 5 heteroatoms. The zero-order chi connectivity index (χ0) is 12.8. The van der Waals surface area contributed by atoms with Crippen molar-refractivity contribution >= 4 is 15.9 Å². The van der Waals surface area contributed by atoms with Gasteiger partial charge in [-0.3, -0.25) is 0 Å². The molecule has 1 N–H and O–H groups in total. The van der Waals surface area contributed by atoms with Crippen molar-refractivity contribution in [3.05, 3.63) is 52.8 Å². The number of rotatable bonds is 6. The normalized spacial score (nSPS) is 10.8. The average Bonchev–Trinajstić information content (AvgIpc) is 2.84. The van der Waals surface area contributed by atoms with E-state index in [0.717, 1.165) is 36.1 Å². The van der Waals surface area contributed by atoms with E-state index < -0.39 is 0 Å². The number of imidazole rings is 1. The lowest BCUT2D eigenvalue weighted by Crippen LogP contribution is -2.16. The van der Waals surface area contributed by atoms with E-state index in [9.17, 15) is 4.39 Å². The van der Waals surface area contributed by atoms with Crippen LogP contribution in [0.2, 0.25) is 0 Å². The van der Waals surface area contributed by atoms with Gasteiger partial charge in [-0.1, -0.05) is 22.0 Å². The van der Waals surface area contributed by atoms with Gasteiger partial charge in [0.25, 0.3) is 0 Å². The Morgan fingerprint density at radius 2 is 2.28 bits per heavy atom. The van der Waals surface area contributed by atoms with Crippen LogP contribution in [0.3, 0.4) is 0 Å². The molecule has 0 aliphatic heterocycles. The minimum absolute atomic E-state index is 0.217. The fourth-order valence-electron chi connectivity index (χ4n) is 1.69. The fraction of sp³-hybridized carbons (Fsp3) is 0.308. The maximum Gasteiger partial charge on any atom is 0.124 e. The molecule has 1 aromatic heterocycles. The average molecular weight is 312 g/mol. The molecule has 0 bridgehead atoms. The second-order valence-corrected chi connectivity index (χ2v) is 4.92. The zero-order valence-electron chi connectivity index (χ0n) is 9.94. The van der Waals surface area contributed by atoms with Gasteiger partial charge in [0.1, 0.15) is 5.82 Å². The zero-order valence-corrected chi connectivity index (χ0v) is 11.5. The van der Waals surface area contributed by atoms with Gasteiger partial charge < -0.3 is 9.88 Å². The molecule has 0 fully saturated rings. The van der Waals surface area contributed by atoms with Gasteiger partial charge >= 0.3 is 0 Å². The van der Waals surface area contributed by atoms with Crippen molar-refractivity contribution in [3.63, 3.8) is 0 Å². The molecule has 0 saturated heterocycles. The SMILES string of the molecule is Fc1ccc(CNCCCn2ccnc2)c(Br)c1. The maximum absolute atomic E-state index is 12.9. The van der Waals surface area contributed by atoms with Crippen LogP contribution in [0.15, 0.2) is 41.4 Å². The summed E-state index contributed by atoms with van der Waals surface area (Å²) in [5.41, 5.74) is 1.07. The standard InChI is InChI=1S/C13H15BrFN3/c14-13-8-12(15)3-2-11(13)9-16-4-1-6-18-7-5-17-10-18/h2-3,5,7-8,10,16H,1,4,6,9H2. The topological polar surface area (TPSA) is 29.9 Å². The second-order valence-electron chi connectivity index (χ2n) is 4.07. The quantitative estimate of drug-likeness (QED) is 0.831. The molecule has 3 nitrogen and oxygen atoms in total. The first kappa shape index (κ1) is 13.2. The minimum Gasteiger partial charge on any atom is -0.337 e. The number of nitrogens with one attached hydrogen (secondary N) is 1. The fourth-order valence-corrected chi connectivity index (χ4v) is 2.18. The summed E-state index contributed by atoms with van der Waals surface area (Å²) in [6.45, 7) is 2.62. The molecule has 1 heterocycles. The molecule has 0 spiro atoms. The van der Waals surface area contributed by atoms with E-state index in [1.165, 1.54) is 12.1 Å². The van der Waals surface area contributed by atoms with Crippen molar-refractivity contribution in [2.24, 2.45) is 0 Å². The van der Waals surface area contributed by atoms with E-state index in [2.05, 4.69) is 30.8 Å². The summed E-state index contributed by atoms with van der Waals surface area (Å²) < 4.78 is 15.7. The Morgan fingerprint density at radius 1 is 1.39 bits per heavy atom. The van der Waals surface area contributed by atoms with Crippen molar-refractivity contribution in [2.75, 3.05) is 6.54 Å². The predicted molar refractivity (Wildman–Crippen MR) is 72.7 cm³/mol. The number of hydrogen-bond acceptors (Lipinski definition) is 2. The highest BCUT2D eigenvalue weighted by atomic mass is 79.9. The summed E-state index contributed by atoms with van der Waals surface area (Å²) >= 11 is 3.36. The Kier molecular flexibility index (Phi) is 4.90. The summed E-state index contributed by atoms with van der Waals surface area (Å²) in [5, 5.41) is 3.34. The van der Waals surface area contributed by atoms with Crippen molar-refractivity contribution < 1.29 is 4.39 Å². The number of halogens is 2.